The summed E-state index contributed by atoms with van der Waals surface area (Å²) in [7, 11) is 2.00. The van der Waals surface area contributed by atoms with Crippen LogP contribution in [0.5, 0.6) is 0 Å². The molecule has 106 valence electrons. The Labute approximate surface area is 119 Å². The molecule has 4 heteroatoms. The summed E-state index contributed by atoms with van der Waals surface area (Å²) in [6, 6.07) is 9.08. The van der Waals surface area contributed by atoms with Crippen LogP contribution in [0.2, 0.25) is 0 Å². The predicted molar refractivity (Wildman–Crippen MR) is 78.6 cm³/mol. The maximum absolute atomic E-state index is 13.8. The van der Waals surface area contributed by atoms with Crippen LogP contribution in [0.25, 0.3) is 0 Å². The smallest absolute Gasteiger partial charge is 0.127 e. The van der Waals surface area contributed by atoms with Gasteiger partial charge in [-0.3, -0.25) is 4.98 Å². The van der Waals surface area contributed by atoms with Gasteiger partial charge in [0, 0.05) is 37.6 Å². The number of hydrogen-bond donors (Lipinski definition) is 1. The number of nitrogens with two attached hydrogens (primary N) is 1. The SMILES string of the molecule is CN(CCc1ccncc1)Cc1cc(CN)ccc1F. The maximum Gasteiger partial charge on any atom is 0.127 e. The third kappa shape index (κ3) is 4.11. The highest BCUT2D eigenvalue weighted by Gasteiger charge is 2.07. The van der Waals surface area contributed by atoms with Crippen molar-refractivity contribution in [3.8, 4) is 0 Å². The standard InChI is InChI=1S/C16H20FN3/c1-20(9-6-13-4-7-19-8-5-13)12-15-10-14(11-18)2-3-16(15)17/h2-5,7-8,10H,6,9,11-12,18H2,1H3. The molecule has 0 aliphatic carbocycles. The molecular formula is C16H20FN3. The Bertz CT molecular complexity index is 543. The first-order valence-corrected chi connectivity index (χ1v) is 6.74. The van der Waals surface area contributed by atoms with E-state index in [1.54, 1.807) is 18.5 Å². The highest BCUT2D eigenvalue weighted by Crippen LogP contribution is 2.13. The van der Waals surface area contributed by atoms with Crippen molar-refractivity contribution >= 4 is 0 Å². The van der Waals surface area contributed by atoms with E-state index in [4.69, 9.17) is 5.73 Å². The van der Waals surface area contributed by atoms with Crippen molar-refractivity contribution in [2.45, 2.75) is 19.5 Å². The highest BCUT2D eigenvalue weighted by atomic mass is 19.1. The summed E-state index contributed by atoms with van der Waals surface area (Å²) in [5.74, 6) is -0.169. The van der Waals surface area contributed by atoms with Gasteiger partial charge in [0.15, 0.2) is 0 Å². The van der Waals surface area contributed by atoms with Gasteiger partial charge in [-0.2, -0.15) is 0 Å². The summed E-state index contributed by atoms with van der Waals surface area (Å²) in [6.45, 7) is 1.90. The minimum absolute atomic E-state index is 0.169. The van der Waals surface area contributed by atoms with E-state index in [-0.39, 0.29) is 5.82 Å². The summed E-state index contributed by atoms with van der Waals surface area (Å²) < 4.78 is 13.8. The van der Waals surface area contributed by atoms with Crippen LogP contribution in [0.15, 0.2) is 42.7 Å². The lowest BCUT2D eigenvalue weighted by Gasteiger charge is -2.17. The molecule has 0 radical (unpaired) electrons. The molecule has 0 unspecified atom stereocenters. The Morgan fingerprint density at radius 1 is 1.15 bits per heavy atom. The summed E-state index contributed by atoms with van der Waals surface area (Å²) in [4.78, 5) is 6.11. The van der Waals surface area contributed by atoms with Crippen molar-refractivity contribution < 1.29 is 4.39 Å². The zero-order chi connectivity index (χ0) is 14.4. The zero-order valence-electron chi connectivity index (χ0n) is 11.7. The number of nitrogens with zero attached hydrogens (tertiary/aromatic N) is 2. The van der Waals surface area contributed by atoms with Crippen molar-refractivity contribution in [1.29, 1.82) is 0 Å². The molecule has 0 amide bonds. The molecule has 0 bridgehead atoms. The van der Waals surface area contributed by atoms with Gasteiger partial charge in [0.1, 0.15) is 5.82 Å². The number of hydrogen-bond acceptors (Lipinski definition) is 3. The van der Waals surface area contributed by atoms with E-state index in [0.717, 1.165) is 18.5 Å². The number of rotatable bonds is 6. The Balaban J connectivity index is 1.92. The molecule has 2 rings (SSSR count). The quantitative estimate of drug-likeness (QED) is 0.878. The summed E-state index contributed by atoms with van der Waals surface area (Å²) in [5, 5.41) is 0. The van der Waals surface area contributed by atoms with Gasteiger partial charge in [0.25, 0.3) is 0 Å². The fourth-order valence-electron chi connectivity index (χ4n) is 2.12. The molecule has 0 fully saturated rings. The van der Waals surface area contributed by atoms with Crippen molar-refractivity contribution in [1.82, 2.24) is 9.88 Å². The minimum atomic E-state index is -0.169. The molecular weight excluding hydrogens is 253 g/mol. The van der Waals surface area contributed by atoms with Crippen molar-refractivity contribution in [3.05, 3.63) is 65.2 Å². The lowest BCUT2D eigenvalue weighted by Crippen LogP contribution is -2.21. The first-order chi connectivity index (χ1) is 9.69. The van der Waals surface area contributed by atoms with Gasteiger partial charge in [-0.15, -0.1) is 0 Å². The average molecular weight is 273 g/mol. The molecule has 0 aliphatic heterocycles. The molecule has 2 aromatic rings. The predicted octanol–water partition coefficient (Wildman–Crippen LogP) is 2.35. The van der Waals surface area contributed by atoms with Crippen LogP contribution in [0.3, 0.4) is 0 Å². The van der Waals surface area contributed by atoms with Gasteiger partial charge in [0.2, 0.25) is 0 Å². The van der Waals surface area contributed by atoms with Crippen LogP contribution in [-0.2, 0) is 19.5 Å². The van der Waals surface area contributed by atoms with Crippen molar-refractivity contribution in [2.24, 2.45) is 5.73 Å². The third-order valence-corrected chi connectivity index (χ3v) is 3.32. The number of aromatic nitrogens is 1. The van der Waals surface area contributed by atoms with Crippen LogP contribution in [0.1, 0.15) is 16.7 Å². The van der Waals surface area contributed by atoms with Crippen LogP contribution in [0.4, 0.5) is 4.39 Å². The largest absolute Gasteiger partial charge is 0.326 e. The molecule has 0 saturated heterocycles. The second-order valence-electron chi connectivity index (χ2n) is 4.97. The number of likely N-dealkylation sites (N-methyl/N-ethyl adjacent to an activating group) is 1. The molecule has 1 aromatic carbocycles. The first kappa shape index (κ1) is 14.6. The van der Waals surface area contributed by atoms with Gasteiger partial charge in [-0.25, -0.2) is 4.39 Å². The molecule has 0 aliphatic rings. The van der Waals surface area contributed by atoms with E-state index in [9.17, 15) is 4.39 Å². The highest BCUT2D eigenvalue weighted by molar-refractivity contribution is 5.25. The van der Waals surface area contributed by atoms with E-state index in [0.29, 0.717) is 18.7 Å². The molecule has 0 atom stereocenters. The van der Waals surface area contributed by atoms with E-state index in [1.807, 2.05) is 25.2 Å². The van der Waals surface area contributed by atoms with E-state index < -0.39 is 0 Å². The molecule has 0 saturated carbocycles. The molecule has 1 aromatic heterocycles. The van der Waals surface area contributed by atoms with Crippen LogP contribution >= 0.6 is 0 Å². The van der Waals surface area contributed by atoms with Gasteiger partial charge < -0.3 is 10.6 Å². The molecule has 3 nitrogen and oxygen atoms in total. The lowest BCUT2D eigenvalue weighted by atomic mass is 10.1. The third-order valence-electron chi connectivity index (χ3n) is 3.32. The summed E-state index contributed by atoms with van der Waals surface area (Å²) in [5.41, 5.74) is 8.49. The summed E-state index contributed by atoms with van der Waals surface area (Å²) in [6.07, 6.45) is 4.51. The zero-order valence-corrected chi connectivity index (χ0v) is 11.7. The number of pyridine rings is 1. The Kier molecular flexibility index (Phi) is 5.21. The first-order valence-electron chi connectivity index (χ1n) is 6.74. The van der Waals surface area contributed by atoms with Gasteiger partial charge >= 0.3 is 0 Å². The second kappa shape index (κ2) is 7.12. The van der Waals surface area contributed by atoms with E-state index in [1.165, 1.54) is 11.6 Å². The Hall–Kier alpha value is -1.78. The average Bonchev–Trinajstić information content (AvgIpc) is 2.48. The minimum Gasteiger partial charge on any atom is -0.326 e. The fourth-order valence-corrected chi connectivity index (χ4v) is 2.12. The van der Waals surface area contributed by atoms with Gasteiger partial charge in [0.05, 0.1) is 0 Å². The summed E-state index contributed by atoms with van der Waals surface area (Å²) >= 11 is 0. The van der Waals surface area contributed by atoms with Gasteiger partial charge in [-0.05, 0) is 42.8 Å². The molecule has 1 heterocycles. The molecule has 2 N–H and O–H groups in total. The topological polar surface area (TPSA) is 42.2 Å². The number of halogens is 1. The molecule has 0 spiro atoms. The Morgan fingerprint density at radius 3 is 2.60 bits per heavy atom. The van der Waals surface area contributed by atoms with Crippen molar-refractivity contribution in [2.75, 3.05) is 13.6 Å². The Morgan fingerprint density at radius 2 is 1.90 bits per heavy atom. The fraction of sp³-hybridized carbons (Fsp3) is 0.312. The van der Waals surface area contributed by atoms with Crippen LogP contribution in [-0.4, -0.2) is 23.5 Å². The normalized spacial score (nSPS) is 11.0. The van der Waals surface area contributed by atoms with Crippen LogP contribution < -0.4 is 5.73 Å². The second-order valence-corrected chi connectivity index (χ2v) is 4.97. The van der Waals surface area contributed by atoms with Crippen LogP contribution in [0, 0.1) is 5.82 Å². The van der Waals surface area contributed by atoms with Crippen molar-refractivity contribution in [3.63, 3.8) is 0 Å². The maximum atomic E-state index is 13.8. The van der Waals surface area contributed by atoms with E-state index >= 15 is 0 Å². The monoisotopic (exact) mass is 273 g/mol. The van der Waals surface area contributed by atoms with Gasteiger partial charge in [-0.1, -0.05) is 12.1 Å². The number of benzene rings is 1. The lowest BCUT2D eigenvalue weighted by molar-refractivity contribution is 0.325. The van der Waals surface area contributed by atoms with E-state index in [2.05, 4.69) is 9.88 Å². The molecule has 20 heavy (non-hydrogen) atoms.